The Bertz CT molecular complexity index is 1240. The number of halogens is 3. The molecule has 0 unspecified atom stereocenters. The van der Waals surface area contributed by atoms with Crippen LogP contribution in [0, 0.1) is 0 Å². The topological polar surface area (TPSA) is 104 Å². The third kappa shape index (κ3) is 5.11. The van der Waals surface area contributed by atoms with Gasteiger partial charge in [-0.15, -0.1) is 11.3 Å². The third-order valence-electron chi connectivity index (χ3n) is 4.50. The maximum atomic E-state index is 13.6. The average molecular weight is 496 g/mol. The number of hydrogen-bond donors (Lipinski definition) is 1. The van der Waals surface area contributed by atoms with Crippen LogP contribution >= 0.6 is 11.3 Å². The fourth-order valence-corrected chi connectivity index (χ4v) is 4.00. The van der Waals surface area contributed by atoms with Crippen LogP contribution in [0.3, 0.4) is 0 Å². The van der Waals surface area contributed by atoms with Crippen LogP contribution in [0.5, 0.6) is 5.75 Å². The molecular weight excluding hydrogens is 477 g/mol. The highest BCUT2D eigenvalue weighted by Crippen LogP contribution is 2.40. The highest BCUT2D eigenvalue weighted by atomic mass is 32.1. The van der Waals surface area contributed by atoms with Gasteiger partial charge in [0, 0.05) is 10.9 Å². The Balaban J connectivity index is 2.19. The molecule has 3 rings (SSSR count). The van der Waals surface area contributed by atoms with Crippen molar-refractivity contribution >= 4 is 45.1 Å². The van der Waals surface area contributed by atoms with E-state index >= 15 is 0 Å². The lowest BCUT2D eigenvalue weighted by Crippen LogP contribution is -2.17. The molecule has 0 bridgehead atoms. The number of nitrogens with one attached hydrogen (secondary N) is 1. The molecule has 3 aromatic rings. The molecule has 0 atom stereocenters. The van der Waals surface area contributed by atoms with E-state index in [4.69, 9.17) is 14.2 Å². The Hall–Kier alpha value is -3.67. The molecule has 2 aromatic heterocycles. The molecule has 0 aliphatic carbocycles. The number of nitrogens with zero attached hydrogens (tertiary/aromatic N) is 1. The predicted molar refractivity (Wildman–Crippen MR) is 117 cm³/mol. The lowest BCUT2D eigenvalue weighted by atomic mass is 10.1. The van der Waals surface area contributed by atoms with Gasteiger partial charge >= 0.3 is 18.1 Å². The Labute approximate surface area is 195 Å². The molecule has 0 aliphatic rings. The van der Waals surface area contributed by atoms with Crippen LogP contribution in [0.2, 0.25) is 0 Å². The summed E-state index contributed by atoms with van der Waals surface area (Å²) in [5, 5.41) is 2.50. The second kappa shape index (κ2) is 10.1. The van der Waals surface area contributed by atoms with Crippen molar-refractivity contribution in [3.8, 4) is 5.75 Å². The zero-order chi connectivity index (χ0) is 25.0. The van der Waals surface area contributed by atoms with Crippen molar-refractivity contribution < 1.29 is 41.8 Å². The SMILES string of the molecule is CCOC(=O)c1cc2c(NC(=O)c3ccc(OC)cc3)c(C(=O)OCC)sc2nc1C(F)(F)F. The molecule has 180 valence electrons. The predicted octanol–water partition coefficient (Wildman–Crippen LogP) is 4.93. The van der Waals surface area contributed by atoms with Gasteiger partial charge < -0.3 is 19.5 Å². The molecule has 0 radical (unpaired) electrons. The number of amides is 1. The van der Waals surface area contributed by atoms with E-state index in [9.17, 15) is 27.6 Å². The number of alkyl halides is 3. The zero-order valence-electron chi connectivity index (χ0n) is 18.2. The Kier molecular flexibility index (Phi) is 7.40. The maximum Gasteiger partial charge on any atom is 0.434 e. The lowest BCUT2D eigenvalue weighted by Gasteiger charge is -2.12. The summed E-state index contributed by atoms with van der Waals surface area (Å²) >= 11 is 0.607. The second-order valence-corrected chi connectivity index (χ2v) is 7.66. The molecule has 0 saturated carbocycles. The van der Waals surface area contributed by atoms with E-state index < -0.39 is 35.3 Å². The summed E-state index contributed by atoms with van der Waals surface area (Å²) in [6.45, 7) is 2.84. The maximum absolute atomic E-state index is 13.6. The average Bonchev–Trinajstić information content (AvgIpc) is 3.15. The van der Waals surface area contributed by atoms with Crippen LogP contribution < -0.4 is 10.1 Å². The molecule has 1 aromatic carbocycles. The van der Waals surface area contributed by atoms with Crippen LogP contribution in [-0.4, -0.2) is 43.2 Å². The van der Waals surface area contributed by atoms with E-state index in [0.29, 0.717) is 17.1 Å². The van der Waals surface area contributed by atoms with Crippen LogP contribution in [0.1, 0.15) is 49.9 Å². The number of ether oxygens (including phenoxy) is 3. The number of carbonyl (C=O) groups excluding carboxylic acids is 3. The van der Waals surface area contributed by atoms with Gasteiger partial charge in [0.2, 0.25) is 0 Å². The quantitative estimate of drug-likeness (QED) is 0.463. The summed E-state index contributed by atoms with van der Waals surface area (Å²) in [4.78, 5) is 40.8. The van der Waals surface area contributed by atoms with Crippen molar-refractivity contribution in [3.63, 3.8) is 0 Å². The van der Waals surface area contributed by atoms with E-state index in [2.05, 4.69) is 10.3 Å². The summed E-state index contributed by atoms with van der Waals surface area (Å²) < 4.78 is 55.7. The standard InChI is InChI=1S/C22H19F3N2O6S/c1-4-32-20(29)14-10-13-15(26-18(28)11-6-8-12(31-3)9-7-11)16(21(30)33-5-2)34-19(13)27-17(14)22(23,24)25/h6-10H,4-5H2,1-3H3,(H,26,28). The molecule has 34 heavy (non-hydrogen) atoms. The van der Waals surface area contributed by atoms with E-state index in [1.54, 1.807) is 19.1 Å². The number of esters is 2. The lowest BCUT2D eigenvalue weighted by molar-refractivity contribution is -0.141. The fourth-order valence-electron chi connectivity index (χ4n) is 3.00. The third-order valence-corrected chi connectivity index (χ3v) is 5.58. The first-order valence-electron chi connectivity index (χ1n) is 9.95. The minimum atomic E-state index is -4.96. The molecular formula is C22H19F3N2O6S. The van der Waals surface area contributed by atoms with E-state index in [1.165, 1.54) is 26.2 Å². The molecule has 2 heterocycles. The van der Waals surface area contributed by atoms with Gasteiger partial charge in [-0.3, -0.25) is 4.79 Å². The second-order valence-electron chi connectivity index (χ2n) is 6.66. The number of fused-ring (bicyclic) bond motifs is 1. The van der Waals surface area contributed by atoms with E-state index in [-0.39, 0.29) is 39.6 Å². The minimum Gasteiger partial charge on any atom is -0.497 e. The van der Waals surface area contributed by atoms with Crippen molar-refractivity contribution in [1.82, 2.24) is 4.98 Å². The van der Waals surface area contributed by atoms with E-state index in [0.717, 1.165) is 6.07 Å². The number of carbonyl (C=O) groups is 3. The number of thiophene rings is 1. The number of anilines is 1. The number of benzene rings is 1. The summed E-state index contributed by atoms with van der Waals surface area (Å²) in [7, 11) is 1.46. The first-order chi connectivity index (χ1) is 16.1. The molecule has 12 heteroatoms. The highest BCUT2D eigenvalue weighted by molar-refractivity contribution is 7.21. The molecule has 0 saturated heterocycles. The first kappa shape index (κ1) is 25.0. The van der Waals surface area contributed by atoms with Gasteiger partial charge in [0.05, 0.1) is 31.6 Å². The normalized spacial score (nSPS) is 11.2. The van der Waals surface area contributed by atoms with Crippen LogP contribution in [0.25, 0.3) is 10.2 Å². The van der Waals surface area contributed by atoms with Crippen LogP contribution in [0.15, 0.2) is 30.3 Å². The Morgan fingerprint density at radius 2 is 1.65 bits per heavy atom. The zero-order valence-corrected chi connectivity index (χ0v) is 19.1. The van der Waals surface area contributed by atoms with Gasteiger partial charge in [0.25, 0.3) is 5.91 Å². The van der Waals surface area contributed by atoms with Crippen molar-refractivity contribution in [3.05, 3.63) is 52.0 Å². The van der Waals surface area contributed by atoms with Crippen molar-refractivity contribution in [2.45, 2.75) is 20.0 Å². The number of hydrogen-bond acceptors (Lipinski definition) is 8. The molecule has 1 N–H and O–H groups in total. The smallest absolute Gasteiger partial charge is 0.434 e. The Morgan fingerprint density at radius 1 is 1.03 bits per heavy atom. The fraction of sp³-hybridized carbons (Fsp3) is 0.273. The summed E-state index contributed by atoms with van der Waals surface area (Å²) in [5.41, 5.74) is -2.22. The van der Waals surface area contributed by atoms with Gasteiger partial charge in [0.1, 0.15) is 15.5 Å². The van der Waals surface area contributed by atoms with Crippen molar-refractivity contribution in [2.75, 3.05) is 25.6 Å². The largest absolute Gasteiger partial charge is 0.497 e. The van der Waals surface area contributed by atoms with Gasteiger partial charge in [-0.2, -0.15) is 13.2 Å². The van der Waals surface area contributed by atoms with Gasteiger partial charge in [-0.25, -0.2) is 14.6 Å². The first-order valence-corrected chi connectivity index (χ1v) is 10.8. The molecule has 8 nitrogen and oxygen atoms in total. The van der Waals surface area contributed by atoms with Crippen molar-refractivity contribution in [1.29, 1.82) is 0 Å². The summed E-state index contributed by atoms with van der Waals surface area (Å²) in [6, 6.07) is 6.94. The number of pyridine rings is 1. The summed E-state index contributed by atoms with van der Waals surface area (Å²) in [5.74, 6) is -2.24. The summed E-state index contributed by atoms with van der Waals surface area (Å²) in [6.07, 6.45) is -4.96. The number of aromatic nitrogens is 1. The number of methoxy groups -OCH3 is 1. The van der Waals surface area contributed by atoms with Crippen molar-refractivity contribution in [2.24, 2.45) is 0 Å². The molecule has 1 amide bonds. The highest BCUT2D eigenvalue weighted by Gasteiger charge is 2.39. The van der Waals surface area contributed by atoms with Gasteiger partial charge in [-0.1, -0.05) is 0 Å². The molecule has 0 aliphatic heterocycles. The monoisotopic (exact) mass is 496 g/mol. The van der Waals surface area contributed by atoms with Crippen LogP contribution in [0.4, 0.5) is 18.9 Å². The number of rotatable bonds is 7. The van der Waals surface area contributed by atoms with Gasteiger partial charge in [0.15, 0.2) is 5.69 Å². The molecule has 0 fully saturated rings. The van der Waals surface area contributed by atoms with Gasteiger partial charge in [-0.05, 0) is 44.2 Å². The Morgan fingerprint density at radius 3 is 2.21 bits per heavy atom. The van der Waals surface area contributed by atoms with Crippen LogP contribution in [-0.2, 0) is 15.7 Å². The molecule has 0 spiro atoms. The van der Waals surface area contributed by atoms with E-state index in [1.807, 2.05) is 0 Å². The minimum absolute atomic E-state index is 0.00570.